The molecule has 26 heavy (non-hydrogen) atoms. The molecule has 2 atom stereocenters. The zero-order chi connectivity index (χ0) is 18.8. The average Bonchev–Trinajstić information content (AvgIpc) is 2.63. The van der Waals surface area contributed by atoms with Gasteiger partial charge in [0.25, 0.3) is 0 Å². The van der Waals surface area contributed by atoms with Crippen molar-refractivity contribution in [2.24, 2.45) is 16.8 Å². The molecule has 3 aliphatic rings. The molecule has 3 rings (SSSR count). The lowest BCUT2D eigenvalue weighted by molar-refractivity contribution is 0.118. The lowest BCUT2D eigenvalue weighted by atomic mass is 9.80. The number of hydrazine groups is 1. The summed E-state index contributed by atoms with van der Waals surface area (Å²) in [5.74, 6) is 7.37. The Kier molecular flexibility index (Phi) is 5.53. The third-order valence-electron chi connectivity index (χ3n) is 5.48. The summed E-state index contributed by atoms with van der Waals surface area (Å²) in [5, 5.41) is 13.6. The molecule has 0 saturated heterocycles. The number of dihydropyridines is 1. The van der Waals surface area contributed by atoms with Gasteiger partial charge in [-0.2, -0.15) is 0 Å². The number of hydrogen-bond donors (Lipinski definition) is 4. The van der Waals surface area contributed by atoms with Gasteiger partial charge >= 0.3 is 0 Å². The van der Waals surface area contributed by atoms with E-state index in [0.717, 1.165) is 53.9 Å². The molecule has 1 saturated carbocycles. The van der Waals surface area contributed by atoms with Gasteiger partial charge in [-0.3, -0.25) is 4.99 Å². The molecular weight excluding hydrogens is 328 g/mol. The van der Waals surface area contributed by atoms with Crippen LogP contribution in [0.4, 0.5) is 0 Å². The molecule has 0 spiro atoms. The highest BCUT2D eigenvalue weighted by Gasteiger charge is 2.37. The minimum absolute atomic E-state index is 0.0141. The van der Waals surface area contributed by atoms with E-state index in [2.05, 4.69) is 30.3 Å². The minimum Gasteiger partial charge on any atom is -0.497 e. The predicted molar refractivity (Wildman–Crippen MR) is 104 cm³/mol. The van der Waals surface area contributed by atoms with Crippen LogP contribution < -0.4 is 16.6 Å². The summed E-state index contributed by atoms with van der Waals surface area (Å²) in [6.45, 7) is 8.19. The highest BCUT2D eigenvalue weighted by atomic mass is 16.5. The maximum atomic E-state index is 9.81. The number of allylic oxidation sites excluding steroid dienone is 1. The summed E-state index contributed by atoms with van der Waals surface area (Å²) in [6, 6.07) is 0.311. The van der Waals surface area contributed by atoms with Crippen molar-refractivity contribution in [3.05, 3.63) is 46.9 Å². The molecule has 2 unspecified atom stereocenters. The molecule has 1 fully saturated rings. The van der Waals surface area contributed by atoms with Crippen molar-refractivity contribution in [1.29, 1.82) is 0 Å². The van der Waals surface area contributed by atoms with E-state index in [1.807, 2.05) is 13.0 Å². The molecule has 1 aliphatic heterocycles. The van der Waals surface area contributed by atoms with E-state index in [-0.39, 0.29) is 18.1 Å². The monoisotopic (exact) mass is 358 g/mol. The third kappa shape index (κ3) is 3.57. The average molecular weight is 358 g/mol. The molecule has 0 amide bonds. The number of amidine groups is 1. The fourth-order valence-corrected chi connectivity index (χ4v) is 4.11. The van der Waals surface area contributed by atoms with Crippen LogP contribution in [-0.4, -0.2) is 36.2 Å². The van der Waals surface area contributed by atoms with Crippen molar-refractivity contribution in [2.45, 2.75) is 57.7 Å². The summed E-state index contributed by atoms with van der Waals surface area (Å²) in [7, 11) is 1.69. The molecular formula is C20H30N4O2. The number of rotatable bonds is 4. The van der Waals surface area contributed by atoms with Gasteiger partial charge in [-0.1, -0.05) is 6.58 Å². The van der Waals surface area contributed by atoms with Crippen LogP contribution in [0.5, 0.6) is 0 Å². The van der Waals surface area contributed by atoms with Gasteiger partial charge in [-0.25, -0.2) is 5.84 Å². The molecule has 142 valence electrons. The second kappa shape index (κ2) is 7.68. The van der Waals surface area contributed by atoms with Gasteiger partial charge < -0.3 is 20.6 Å². The van der Waals surface area contributed by atoms with Crippen molar-refractivity contribution in [1.82, 2.24) is 10.7 Å². The molecule has 0 aromatic heterocycles. The largest absolute Gasteiger partial charge is 0.497 e. The molecule has 5 N–H and O–H groups in total. The Labute approximate surface area is 155 Å². The van der Waals surface area contributed by atoms with Gasteiger partial charge in [0.2, 0.25) is 0 Å². The van der Waals surface area contributed by atoms with Crippen molar-refractivity contribution >= 4 is 5.84 Å². The first kappa shape index (κ1) is 18.7. The molecule has 0 aromatic rings. The Morgan fingerprint density at radius 2 is 2.04 bits per heavy atom. The summed E-state index contributed by atoms with van der Waals surface area (Å²) in [6.07, 6.45) is 7.53. The zero-order valence-electron chi connectivity index (χ0n) is 15.9. The van der Waals surface area contributed by atoms with E-state index in [4.69, 9.17) is 15.6 Å². The van der Waals surface area contributed by atoms with Crippen molar-refractivity contribution in [3.8, 4) is 0 Å². The maximum absolute atomic E-state index is 9.81. The number of nitrogens with one attached hydrogen (secondary N) is 2. The summed E-state index contributed by atoms with van der Waals surface area (Å²) in [4.78, 5) is 4.84. The predicted octanol–water partition coefficient (Wildman–Crippen LogP) is 2.06. The van der Waals surface area contributed by atoms with Gasteiger partial charge in [-0.05, 0) is 62.8 Å². The van der Waals surface area contributed by atoms with Crippen molar-refractivity contribution in [2.75, 3.05) is 7.11 Å². The van der Waals surface area contributed by atoms with E-state index >= 15 is 0 Å². The Morgan fingerprint density at radius 1 is 1.35 bits per heavy atom. The number of aliphatic imine (C=N–C) groups is 1. The Balaban J connectivity index is 2.00. The second-order valence-corrected chi connectivity index (χ2v) is 7.47. The molecule has 6 nitrogen and oxygen atoms in total. The van der Waals surface area contributed by atoms with Crippen LogP contribution in [0.15, 0.2) is 51.9 Å². The summed E-state index contributed by atoms with van der Waals surface area (Å²) in [5.41, 5.74) is 6.85. The molecule has 0 aromatic carbocycles. The molecule has 0 bridgehead atoms. The zero-order valence-corrected chi connectivity index (χ0v) is 15.9. The lowest BCUT2D eigenvalue weighted by Gasteiger charge is -2.38. The molecule has 6 heteroatoms. The van der Waals surface area contributed by atoms with Gasteiger partial charge in [0.15, 0.2) is 0 Å². The van der Waals surface area contributed by atoms with E-state index in [1.54, 1.807) is 7.11 Å². The number of nitrogens with zero attached hydrogens (tertiary/aromatic N) is 1. The summed E-state index contributed by atoms with van der Waals surface area (Å²) >= 11 is 0. The first-order valence-corrected chi connectivity index (χ1v) is 9.28. The fraction of sp³-hybridized carbons (Fsp3) is 0.550. The fourth-order valence-electron chi connectivity index (χ4n) is 4.11. The number of methoxy groups -OCH3 is 1. The number of nitrogens with two attached hydrogens (primary N) is 1. The molecule has 0 radical (unpaired) electrons. The second-order valence-electron chi connectivity index (χ2n) is 7.47. The third-order valence-corrected chi connectivity index (χ3v) is 5.48. The molecule has 1 heterocycles. The normalized spacial score (nSPS) is 31.3. The van der Waals surface area contributed by atoms with E-state index in [9.17, 15) is 5.11 Å². The van der Waals surface area contributed by atoms with Gasteiger partial charge in [0.1, 0.15) is 11.6 Å². The van der Waals surface area contributed by atoms with Crippen LogP contribution in [0.3, 0.4) is 0 Å². The Bertz CT molecular complexity index is 697. The Morgan fingerprint density at radius 3 is 2.62 bits per heavy atom. The van der Waals surface area contributed by atoms with Crippen LogP contribution in [0.2, 0.25) is 0 Å². The molecule has 2 aliphatic carbocycles. The highest BCUT2D eigenvalue weighted by Crippen LogP contribution is 2.37. The van der Waals surface area contributed by atoms with Crippen molar-refractivity contribution < 1.29 is 9.84 Å². The van der Waals surface area contributed by atoms with Gasteiger partial charge in [0, 0.05) is 23.2 Å². The number of aliphatic hydroxyl groups excluding tert-OH is 1. The lowest BCUT2D eigenvalue weighted by Crippen LogP contribution is -2.46. The van der Waals surface area contributed by atoms with Crippen molar-refractivity contribution in [3.63, 3.8) is 0 Å². The van der Waals surface area contributed by atoms with Gasteiger partial charge in [-0.15, -0.1) is 0 Å². The Hall–Kier alpha value is -2.05. The quantitative estimate of drug-likeness (QED) is 0.456. The summed E-state index contributed by atoms with van der Waals surface area (Å²) < 4.78 is 5.50. The van der Waals surface area contributed by atoms with E-state index < -0.39 is 0 Å². The SMILES string of the molecule is C=C(C)C1=C(NC2CCC(O)CC2)C2C=C(OC)C=C(C)C2N=C1NN. The van der Waals surface area contributed by atoms with Crippen LogP contribution in [0, 0.1) is 5.92 Å². The number of hydrogen-bond acceptors (Lipinski definition) is 6. The topological polar surface area (TPSA) is 91.9 Å². The maximum Gasteiger partial charge on any atom is 0.145 e. The number of aliphatic hydroxyl groups is 1. The van der Waals surface area contributed by atoms with E-state index in [1.165, 1.54) is 0 Å². The number of fused-ring (bicyclic) bond motifs is 1. The smallest absolute Gasteiger partial charge is 0.145 e. The van der Waals surface area contributed by atoms with Crippen LogP contribution in [-0.2, 0) is 4.74 Å². The van der Waals surface area contributed by atoms with Crippen LogP contribution in [0.1, 0.15) is 39.5 Å². The van der Waals surface area contributed by atoms with Gasteiger partial charge in [0.05, 0.1) is 19.3 Å². The standard InChI is InChI=1S/C20H30N4O2/c1-11(2)17-19(22-13-5-7-14(25)8-6-13)16-10-15(26-4)9-12(3)18(16)23-20(17)24-21/h9-10,13-14,16,18,22,25H,1,5-8,21H2,2-4H3,(H,23,24). The minimum atomic E-state index is -0.176. The first-order chi connectivity index (χ1) is 12.4. The first-order valence-electron chi connectivity index (χ1n) is 9.28. The highest BCUT2D eigenvalue weighted by molar-refractivity contribution is 6.03. The van der Waals surface area contributed by atoms with Crippen LogP contribution in [0.25, 0.3) is 0 Å². The van der Waals surface area contributed by atoms with E-state index in [0.29, 0.717) is 11.9 Å². The van der Waals surface area contributed by atoms with Crippen LogP contribution >= 0.6 is 0 Å². The number of ether oxygens (including phenoxy) is 1.